The van der Waals surface area contributed by atoms with E-state index in [1.807, 2.05) is 24.2 Å². The number of aromatic nitrogens is 2. The molecule has 2 aliphatic rings. The monoisotopic (exact) mass is 284 g/mol. The Morgan fingerprint density at radius 2 is 2.10 bits per heavy atom. The van der Waals surface area contributed by atoms with Crippen molar-refractivity contribution in [1.29, 1.82) is 0 Å². The quantitative estimate of drug-likeness (QED) is 0.836. The molecule has 2 aliphatic heterocycles. The van der Waals surface area contributed by atoms with Crippen LogP contribution in [0.5, 0.6) is 0 Å². The summed E-state index contributed by atoms with van der Waals surface area (Å²) in [4.78, 5) is 25.1. The predicted octanol–water partition coefficient (Wildman–Crippen LogP) is 1.48. The van der Waals surface area contributed by atoms with Crippen molar-refractivity contribution in [3.8, 4) is 0 Å². The lowest BCUT2D eigenvalue weighted by molar-refractivity contribution is -0.0213. The molecule has 108 valence electrons. The summed E-state index contributed by atoms with van der Waals surface area (Å²) in [5.41, 5.74) is 0.991. The highest BCUT2D eigenvalue weighted by Gasteiger charge is 2.56. The van der Waals surface area contributed by atoms with Crippen LogP contribution in [0.25, 0.3) is 0 Å². The van der Waals surface area contributed by atoms with Gasteiger partial charge in [0, 0.05) is 32.0 Å². The van der Waals surface area contributed by atoms with Crippen LogP contribution in [0, 0.1) is 6.92 Å². The summed E-state index contributed by atoms with van der Waals surface area (Å²) in [5, 5.41) is 0. The van der Waals surface area contributed by atoms with Crippen LogP contribution in [0.2, 0.25) is 0 Å². The third-order valence-electron chi connectivity index (χ3n) is 4.37. The Morgan fingerprint density at radius 3 is 2.67 bits per heavy atom. The van der Waals surface area contributed by atoms with E-state index in [2.05, 4.69) is 14.9 Å². The number of amides is 1. The number of carbonyl (C=O) groups excluding carboxylic acids is 1. The van der Waals surface area contributed by atoms with Crippen LogP contribution in [0.4, 0.5) is 5.95 Å². The molecule has 1 spiro atoms. The lowest BCUT2D eigenvalue weighted by atomic mass is 9.77. The van der Waals surface area contributed by atoms with E-state index in [1.54, 1.807) is 12.1 Å². The Hall–Kier alpha value is -2.37. The SMILES string of the molecule is Cc1cnc(N2CC3(CCN3C(=O)c3ccco3)C2)nc1. The molecular weight excluding hydrogens is 268 g/mol. The minimum absolute atomic E-state index is 0.0178. The number of hydrogen-bond acceptors (Lipinski definition) is 5. The summed E-state index contributed by atoms with van der Waals surface area (Å²) in [6, 6.07) is 3.46. The van der Waals surface area contributed by atoms with Crippen molar-refractivity contribution in [2.24, 2.45) is 0 Å². The maximum Gasteiger partial charge on any atom is 0.290 e. The maximum absolute atomic E-state index is 12.4. The van der Waals surface area contributed by atoms with Gasteiger partial charge in [-0.3, -0.25) is 4.79 Å². The van der Waals surface area contributed by atoms with E-state index < -0.39 is 0 Å². The van der Waals surface area contributed by atoms with Crippen molar-refractivity contribution in [3.63, 3.8) is 0 Å². The second kappa shape index (κ2) is 4.31. The number of furan rings is 1. The van der Waals surface area contributed by atoms with Gasteiger partial charge in [-0.1, -0.05) is 0 Å². The highest BCUT2D eigenvalue weighted by molar-refractivity contribution is 5.93. The number of aryl methyl sites for hydroxylation is 1. The summed E-state index contributed by atoms with van der Waals surface area (Å²) in [7, 11) is 0. The van der Waals surface area contributed by atoms with Gasteiger partial charge in [-0.2, -0.15) is 0 Å². The van der Waals surface area contributed by atoms with Crippen molar-refractivity contribution in [2.75, 3.05) is 24.5 Å². The molecule has 0 saturated carbocycles. The Bertz CT molecular complexity index is 659. The van der Waals surface area contributed by atoms with E-state index in [4.69, 9.17) is 4.42 Å². The highest BCUT2D eigenvalue weighted by Crippen LogP contribution is 2.41. The number of rotatable bonds is 2. The minimum atomic E-state index is -0.0574. The van der Waals surface area contributed by atoms with Gasteiger partial charge in [0.25, 0.3) is 5.91 Å². The largest absolute Gasteiger partial charge is 0.459 e. The van der Waals surface area contributed by atoms with E-state index in [0.717, 1.165) is 37.6 Å². The topological polar surface area (TPSA) is 62.5 Å². The second-order valence-corrected chi connectivity index (χ2v) is 5.82. The molecule has 0 atom stereocenters. The van der Waals surface area contributed by atoms with Gasteiger partial charge in [-0.25, -0.2) is 9.97 Å². The number of hydrogen-bond donors (Lipinski definition) is 0. The molecule has 4 heterocycles. The first-order valence-corrected chi connectivity index (χ1v) is 7.07. The fourth-order valence-corrected chi connectivity index (χ4v) is 3.07. The van der Waals surface area contributed by atoms with E-state index in [0.29, 0.717) is 5.76 Å². The summed E-state index contributed by atoms with van der Waals surface area (Å²) >= 11 is 0. The molecule has 6 heteroatoms. The van der Waals surface area contributed by atoms with Gasteiger partial charge in [0.15, 0.2) is 5.76 Å². The number of likely N-dealkylation sites (tertiary alicyclic amines) is 1. The smallest absolute Gasteiger partial charge is 0.290 e. The molecular formula is C15H16N4O2. The first kappa shape index (κ1) is 12.4. The van der Waals surface area contributed by atoms with Gasteiger partial charge in [-0.05, 0) is 31.0 Å². The number of carbonyl (C=O) groups is 1. The van der Waals surface area contributed by atoms with E-state index >= 15 is 0 Å². The molecule has 6 nitrogen and oxygen atoms in total. The van der Waals surface area contributed by atoms with Crippen molar-refractivity contribution in [2.45, 2.75) is 18.9 Å². The van der Waals surface area contributed by atoms with Crippen LogP contribution in [-0.2, 0) is 0 Å². The highest BCUT2D eigenvalue weighted by atomic mass is 16.3. The molecule has 2 fully saturated rings. The van der Waals surface area contributed by atoms with E-state index in [-0.39, 0.29) is 11.4 Å². The number of anilines is 1. The van der Waals surface area contributed by atoms with Crippen molar-refractivity contribution < 1.29 is 9.21 Å². The van der Waals surface area contributed by atoms with Crippen LogP contribution in [0.1, 0.15) is 22.5 Å². The van der Waals surface area contributed by atoms with Crippen molar-refractivity contribution >= 4 is 11.9 Å². The van der Waals surface area contributed by atoms with Crippen LogP contribution in [0.15, 0.2) is 35.2 Å². The summed E-state index contributed by atoms with van der Waals surface area (Å²) in [5.74, 6) is 1.14. The summed E-state index contributed by atoms with van der Waals surface area (Å²) in [6.07, 6.45) is 6.20. The molecule has 0 N–H and O–H groups in total. The molecule has 2 aromatic rings. The second-order valence-electron chi connectivity index (χ2n) is 5.82. The Morgan fingerprint density at radius 1 is 1.33 bits per heavy atom. The molecule has 4 rings (SSSR count). The first-order chi connectivity index (χ1) is 10.2. The van der Waals surface area contributed by atoms with Crippen molar-refractivity contribution in [1.82, 2.24) is 14.9 Å². The first-order valence-electron chi connectivity index (χ1n) is 7.07. The third-order valence-corrected chi connectivity index (χ3v) is 4.37. The van der Waals surface area contributed by atoms with Crippen LogP contribution in [0.3, 0.4) is 0 Å². The lowest BCUT2D eigenvalue weighted by Crippen LogP contribution is -2.78. The maximum atomic E-state index is 12.4. The lowest BCUT2D eigenvalue weighted by Gasteiger charge is -2.62. The van der Waals surface area contributed by atoms with E-state index in [1.165, 1.54) is 6.26 Å². The van der Waals surface area contributed by atoms with Crippen LogP contribution >= 0.6 is 0 Å². The average Bonchev–Trinajstić information content (AvgIpc) is 2.92. The van der Waals surface area contributed by atoms with Gasteiger partial charge in [-0.15, -0.1) is 0 Å². The van der Waals surface area contributed by atoms with Crippen molar-refractivity contribution in [3.05, 3.63) is 42.1 Å². The number of nitrogens with zero attached hydrogens (tertiary/aromatic N) is 4. The molecule has 1 amide bonds. The summed E-state index contributed by atoms with van der Waals surface area (Å²) < 4.78 is 5.21. The predicted molar refractivity (Wildman–Crippen MR) is 76.1 cm³/mol. The average molecular weight is 284 g/mol. The molecule has 0 aliphatic carbocycles. The zero-order valence-electron chi connectivity index (χ0n) is 11.8. The zero-order valence-corrected chi connectivity index (χ0v) is 11.8. The molecule has 0 aromatic carbocycles. The van der Waals surface area contributed by atoms with Gasteiger partial charge >= 0.3 is 0 Å². The molecule has 2 saturated heterocycles. The van der Waals surface area contributed by atoms with Gasteiger partial charge < -0.3 is 14.2 Å². The molecule has 2 aromatic heterocycles. The van der Waals surface area contributed by atoms with Gasteiger partial charge in [0.2, 0.25) is 5.95 Å². The van der Waals surface area contributed by atoms with Gasteiger partial charge in [0.05, 0.1) is 11.8 Å². The van der Waals surface area contributed by atoms with Crippen LogP contribution < -0.4 is 4.90 Å². The fraction of sp³-hybridized carbons (Fsp3) is 0.400. The zero-order chi connectivity index (χ0) is 14.4. The van der Waals surface area contributed by atoms with Gasteiger partial charge in [0.1, 0.15) is 0 Å². The minimum Gasteiger partial charge on any atom is -0.459 e. The molecule has 0 radical (unpaired) electrons. The molecule has 21 heavy (non-hydrogen) atoms. The molecule has 0 bridgehead atoms. The molecule has 0 unspecified atom stereocenters. The van der Waals surface area contributed by atoms with E-state index in [9.17, 15) is 4.79 Å². The fourth-order valence-electron chi connectivity index (χ4n) is 3.07. The Balaban J connectivity index is 1.46. The Kier molecular flexibility index (Phi) is 2.54. The normalized spacial score (nSPS) is 19.3. The standard InChI is InChI=1S/C15H16N4O2/c1-11-7-16-14(17-8-11)18-9-15(10-18)4-5-19(15)13(20)12-3-2-6-21-12/h2-3,6-8H,4-5,9-10H2,1H3. The van der Waals surface area contributed by atoms with Crippen LogP contribution in [-0.4, -0.2) is 45.9 Å². The Labute approximate surface area is 122 Å². The third kappa shape index (κ3) is 1.82. The summed E-state index contributed by atoms with van der Waals surface area (Å²) in [6.45, 7) is 4.35.